The van der Waals surface area contributed by atoms with Crippen LogP contribution in [0.2, 0.25) is 0 Å². The SMILES string of the molecule is C=C/C=C\C=C(\OC#N)C(C)C(C)(C)CC. The first-order chi connectivity index (χ1) is 7.49. The van der Waals surface area contributed by atoms with E-state index in [1.54, 1.807) is 12.3 Å². The van der Waals surface area contributed by atoms with Gasteiger partial charge in [-0.3, -0.25) is 0 Å². The molecule has 0 saturated heterocycles. The highest BCUT2D eigenvalue weighted by molar-refractivity contribution is 5.15. The molecule has 0 rings (SSSR count). The Morgan fingerprint density at radius 3 is 2.56 bits per heavy atom. The van der Waals surface area contributed by atoms with E-state index < -0.39 is 0 Å². The first-order valence-electron chi connectivity index (χ1n) is 5.54. The molecule has 0 N–H and O–H groups in total. The van der Waals surface area contributed by atoms with Gasteiger partial charge < -0.3 is 4.74 Å². The summed E-state index contributed by atoms with van der Waals surface area (Å²) in [5, 5.41) is 8.62. The Morgan fingerprint density at radius 1 is 1.50 bits per heavy atom. The minimum atomic E-state index is 0.116. The Labute approximate surface area is 98.9 Å². The third kappa shape index (κ3) is 4.35. The molecule has 0 aliphatic rings. The molecular formula is C14H21NO. The van der Waals surface area contributed by atoms with Gasteiger partial charge in [-0.2, -0.15) is 0 Å². The van der Waals surface area contributed by atoms with Crippen molar-refractivity contribution in [3.8, 4) is 6.26 Å². The number of hydrogen-bond donors (Lipinski definition) is 0. The molecule has 0 aromatic rings. The van der Waals surface area contributed by atoms with E-state index in [4.69, 9.17) is 10.00 Å². The van der Waals surface area contributed by atoms with Crippen molar-refractivity contribution in [2.75, 3.05) is 0 Å². The van der Waals surface area contributed by atoms with Gasteiger partial charge in [0.2, 0.25) is 0 Å². The van der Waals surface area contributed by atoms with Crippen molar-refractivity contribution in [3.05, 3.63) is 36.6 Å². The molecule has 0 heterocycles. The minimum Gasteiger partial charge on any atom is -0.392 e. The second-order valence-corrected chi connectivity index (χ2v) is 4.45. The molecule has 2 nitrogen and oxygen atoms in total. The normalized spacial score (nSPS) is 14.6. The number of hydrogen-bond acceptors (Lipinski definition) is 2. The molecule has 0 spiro atoms. The number of nitrogens with zero attached hydrogens (tertiary/aromatic N) is 1. The zero-order chi connectivity index (χ0) is 12.6. The second-order valence-electron chi connectivity index (χ2n) is 4.45. The van der Waals surface area contributed by atoms with Crippen LogP contribution >= 0.6 is 0 Å². The molecule has 88 valence electrons. The number of ether oxygens (including phenoxy) is 1. The van der Waals surface area contributed by atoms with Crippen LogP contribution in [0.15, 0.2) is 36.6 Å². The molecule has 0 amide bonds. The quantitative estimate of drug-likeness (QED) is 0.381. The highest BCUT2D eigenvalue weighted by Gasteiger charge is 2.27. The molecule has 0 aliphatic carbocycles. The van der Waals surface area contributed by atoms with E-state index in [0.717, 1.165) is 6.42 Å². The first-order valence-corrected chi connectivity index (χ1v) is 5.54. The zero-order valence-electron chi connectivity index (χ0n) is 10.7. The highest BCUT2D eigenvalue weighted by atomic mass is 16.5. The standard InChI is InChI=1S/C14H21NO/c1-6-8-9-10-13(16-11-15)12(3)14(4,5)7-2/h6,8-10,12H,1,7H2,2-5H3/b9-8-,13-10+. The van der Waals surface area contributed by atoms with Crippen LogP contribution in [0.1, 0.15) is 34.1 Å². The largest absolute Gasteiger partial charge is 0.392 e. The van der Waals surface area contributed by atoms with Gasteiger partial charge in [-0.25, -0.2) is 0 Å². The van der Waals surface area contributed by atoms with Gasteiger partial charge in [0.25, 0.3) is 6.26 Å². The van der Waals surface area contributed by atoms with E-state index in [9.17, 15) is 0 Å². The summed E-state index contributed by atoms with van der Waals surface area (Å²) in [5.41, 5.74) is 0.116. The van der Waals surface area contributed by atoms with Crippen molar-refractivity contribution < 1.29 is 4.74 Å². The Morgan fingerprint density at radius 2 is 2.12 bits per heavy atom. The Hall–Kier alpha value is -1.49. The molecule has 0 aromatic carbocycles. The number of nitriles is 1. The average Bonchev–Trinajstić information content (AvgIpc) is 2.27. The van der Waals surface area contributed by atoms with Gasteiger partial charge in [0.15, 0.2) is 0 Å². The van der Waals surface area contributed by atoms with Gasteiger partial charge in [0, 0.05) is 5.92 Å². The van der Waals surface area contributed by atoms with Crippen LogP contribution in [0, 0.1) is 22.9 Å². The number of rotatable bonds is 6. The summed E-state index contributed by atoms with van der Waals surface area (Å²) in [6, 6.07) is 0. The fourth-order valence-electron chi connectivity index (χ4n) is 1.24. The average molecular weight is 219 g/mol. The van der Waals surface area contributed by atoms with E-state index in [-0.39, 0.29) is 11.3 Å². The van der Waals surface area contributed by atoms with Crippen LogP contribution in [0.25, 0.3) is 0 Å². The third-order valence-corrected chi connectivity index (χ3v) is 3.18. The summed E-state index contributed by atoms with van der Waals surface area (Å²) in [6.07, 6.45) is 9.94. The van der Waals surface area contributed by atoms with E-state index in [1.807, 2.05) is 18.2 Å². The van der Waals surface area contributed by atoms with Crippen LogP contribution in [0.5, 0.6) is 0 Å². The minimum absolute atomic E-state index is 0.116. The molecular weight excluding hydrogens is 198 g/mol. The Kier molecular flexibility index (Phi) is 6.25. The summed E-state index contributed by atoms with van der Waals surface area (Å²) in [4.78, 5) is 0. The highest BCUT2D eigenvalue weighted by Crippen LogP contribution is 2.35. The zero-order valence-corrected chi connectivity index (χ0v) is 10.7. The lowest BCUT2D eigenvalue weighted by atomic mass is 9.76. The van der Waals surface area contributed by atoms with E-state index in [1.165, 1.54) is 0 Å². The van der Waals surface area contributed by atoms with Crippen molar-refractivity contribution in [2.45, 2.75) is 34.1 Å². The van der Waals surface area contributed by atoms with Crippen molar-refractivity contribution >= 4 is 0 Å². The van der Waals surface area contributed by atoms with Gasteiger partial charge in [-0.1, -0.05) is 58.9 Å². The second kappa shape index (κ2) is 6.90. The smallest absolute Gasteiger partial charge is 0.291 e. The third-order valence-electron chi connectivity index (χ3n) is 3.18. The fourth-order valence-corrected chi connectivity index (χ4v) is 1.24. The predicted molar refractivity (Wildman–Crippen MR) is 67.4 cm³/mol. The van der Waals surface area contributed by atoms with E-state index in [0.29, 0.717) is 5.76 Å². The summed E-state index contributed by atoms with van der Waals surface area (Å²) >= 11 is 0. The van der Waals surface area contributed by atoms with Crippen LogP contribution in [0.4, 0.5) is 0 Å². The monoisotopic (exact) mass is 219 g/mol. The van der Waals surface area contributed by atoms with Crippen LogP contribution in [0.3, 0.4) is 0 Å². The maximum absolute atomic E-state index is 8.62. The van der Waals surface area contributed by atoms with Gasteiger partial charge in [-0.05, 0) is 11.5 Å². The molecule has 16 heavy (non-hydrogen) atoms. The summed E-state index contributed by atoms with van der Waals surface area (Å²) in [7, 11) is 0. The first kappa shape index (κ1) is 14.5. The molecule has 0 saturated carbocycles. The van der Waals surface area contributed by atoms with Gasteiger partial charge in [-0.15, -0.1) is 5.26 Å². The maximum Gasteiger partial charge on any atom is 0.291 e. The molecule has 0 aromatic heterocycles. The maximum atomic E-state index is 8.62. The number of allylic oxidation sites excluding steroid dienone is 5. The van der Waals surface area contributed by atoms with Crippen molar-refractivity contribution in [1.82, 2.24) is 0 Å². The lowest BCUT2D eigenvalue weighted by Crippen LogP contribution is -2.23. The van der Waals surface area contributed by atoms with Gasteiger partial charge in [0.1, 0.15) is 5.76 Å². The summed E-state index contributed by atoms with van der Waals surface area (Å²) < 4.78 is 5.02. The molecule has 0 fully saturated rings. The molecule has 1 atom stereocenters. The Balaban J connectivity index is 4.92. The van der Waals surface area contributed by atoms with Crippen molar-refractivity contribution in [1.29, 1.82) is 5.26 Å². The van der Waals surface area contributed by atoms with Gasteiger partial charge >= 0.3 is 0 Å². The van der Waals surface area contributed by atoms with Crippen LogP contribution in [-0.4, -0.2) is 0 Å². The van der Waals surface area contributed by atoms with Crippen LogP contribution in [-0.2, 0) is 4.74 Å². The van der Waals surface area contributed by atoms with Gasteiger partial charge in [0.05, 0.1) is 0 Å². The van der Waals surface area contributed by atoms with Crippen molar-refractivity contribution in [3.63, 3.8) is 0 Å². The topological polar surface area (TPSA) is 33.0 Å². The lowest BCUT2D eigenvalue weighted by molar-refractivity contribution is 0.185. The summed E-state index contributed by atoms with van der Waals surface area (Å²) in [6.45, 7) is 12.1. The lowest BCUT2D eigenvalue weighted by Gasteiger charge is -2.30. The van der Waals surface area contributed by atoms with E-state index in [2.05, 4.69) is 34.3 Å². The van der Waals surface area contributed by atoms with Crippen LogP contribution < -0.4 is 0 Å². The molecule has 1 unspecified atom stereocenters. The van der Waals surface area contributed by atoms with Crippen molar-refractivity contribution in [2.24, 2.45) is 11.3 Å². The molecule has 2 heteroatoms. The molecule has 0 radical (unpaired) electrons. The summed E-state index contributed by atoms with van der Waals surface area (Å²) in [5.74, 6) is 0.902. The fraction of sp³-hybridized carbons (Fsp3) is 0.500. The molecule has 0 aliphatic heterocycles. The predicted octanol–water partition coefficient (Wildman–Crippen LogP) is 4.18. The van der Waals surface area contributed by atoms with E-state index >= 15 is 0 Å². The molecule has 0 bridgehead atoms. The Bertz CT molecular complexity index is 318.